The van der Waals surface area contributed by atoms with E-state index in [2.05, 4.69) is 10.1 Å². The Morgan fingerprint density at radius 3 is 2.52 bits per heavy atom. The molecule has 8 nitrogen and oxygen atoms in total. The zero-order valence-electron chi connectivity index (χ0n) is 14.5. The van der Waals surface area contributed by atoms with Gasteiger partial charge in [-0.25, -0.2) is 4.79 Å². The molecule has 0 aliphatic heterocycles. The molecule has 0 unspecified atom stereocenters. The number of esters is 1. The Balaban J connectivity index is 1.84. The Kier molecular flexibility index (Phi) is 7.61. The lowest BCUT2D eigenvalue weighted by molar-refractivity contribution is -0.384. The lowest BCUT2D eigenvalue weighted by Gasteiger charge is -2.06. The van der Waals surface area contributed by atoms with Crippen LogP contribution in [0.3, 0.4) is 0 Å². The third-order valence-corrected chi connectivity index (χ3v) is 3.61. The van der Waals surface area contributed by atoms with Gasteiger partial charge in [-0.2, -0.15) is 8.78 Å². The van der Waals surface area contributed by atoms with Crippen LogP contribution in [-0.4, -0.2) is 30.0 Å². The van der Waals surface area contributed by atoms with Crippen LogP contribution in [0, 0.1) is 10.1 Å². The zero-order valence-corrected chi connectivity index (χ0v) is 15.3. The van der Waals surface area contributed by atoms with Crippen molar-refractivity contribution >= 4 is 40.9 Å². The average molecular weight is 427 g/mol. The largest absolute Gasteiger partial charge is 0.452 e. The summed E-state index contributed by atoms with van der Waals surface area (Å²) in [6, 6.07) is 9.18. The highest BCUT2D eigenvalue weighted by Gasteiger charge is 2.14. The number of alkyl halides is 2. The van der Waals surface area contributed by atoms with Crippen LogP contribution in [0.1, 0.15) is 5.56 Å². The molecule has 29 heavy (non-hydrogen) atoms. The second-order valence-corrected chi connectivity index (χ2v) is 5.77. The van der Waals surface area contributed by atoms with Crippen LogP contribution in [0.2, 0.25) is 5.02 Å². The normalized spacial score (nSPS) is 10.8. The number of halogens is 3. The SMILES string of the molecule is O=C(COC(=O)/C=C/c1ccc(OC(F)F)cc1)Nc1ccc(Cl)c([N+](=O)[O-])c1. The third kappa shape index (κ3) is 7.18. The molecular weight excluding hydrogens is 414 g/mol. The van der Waals surface area contributed by atoms with Crippen LogP contribution in [0.15, 0.2) is 48.5 Å². The van der Waals surface area contributed by atoms with E-state index in [4.69, 9.17) is 16.3 Å². The van der Waals surface area contributed by atoms with E-state index >= 15 is 0 Å². The first-order chi connectivity index (χ1) is 13.7. The first-order valence-corrected chi connectivity index (χ1v) is 8.26. The van der Waals surface area contributed by atoms with Gasteiger partial charge in [0.25, 0.3) is 11.6 Å². The third-order valence-electron chi connectivity index (χ3n) is 3.29. The number of nitro benzene ring substituents is 1. The Morgan fingerprint density at radius 2 is 1.90 bits per heavy atom. The summed E-state index contributed by atoms with van der Waals surface area (Å²) in [7, 11) is 0. The van der Waals surface area contributed by atoms with E-state index in [-0.39, 0.29) is 22.1 Å². The number of benzene rings is 2. The van der Waals surface area contributed by atoms with Crippen molar-refractivity contribution in [1.82, 2.24) is 0 Å². The van der Waals surface area contributed by atoms with Crippen molar-refractivity contribution in [2.24, 2.45) is 0 Å². The molecule has 0 bridgehead atoms. The van der Waals surface area contributed by atoms with Gasteiger partial charge < -0.3 is 14.8 Å². The number of hydrogen-bond donors (Lipinski definition) is 1. The molecule has 2 aromatic rings. The Labute approximate surface area is 167 Å². The molecule has 0 atom stereocenters. The summed E-state index contributed by atoms with van der Waals surface area (Å²) in [4.78, 5) is 33.6. The molecule has 152 valence electrons. The minimum atomic E-state index is -2.93. The number of nitro groups is 1. The van der Waals surface area contributed by atoms with Gasteiger partial charge in [-0.1, -0.05) is 23.7 Å². The fourth-order valence-corrected chi connectivity index (χ4v) is 2.22. The first kappa shape index (κ1) is 21.8. The molecule has 0 saturated heterocycles. The van der Waals surface area contributed by atoms with Crippen molar-refractivity contribution in [3.8, 4) is 5.75 Å². The van der Waals surface area contributed by atoms with Crippen LogP contribution in [0.25, 0.3) is 6.08 Å². The van der Waals surface area contributed by atoms with E-state index in [1.807, 2.05) is 0 Å². The number of rotatable bonds is 8. The van der Waals surface area contributed by atoms with E-state index in [9.17, 15) is 28.5 Å². The Hall–Kier alpha value is -3.53. The van der Waals surface area contributed by atoms with Gasteiger partial charge >= 0.3 is 12.6 Å². The van der Waals surface area contributed by atoms with Crippen LogP contribution in [-0.2, 0) is 14.3 Å². The second-order valence-electron chi connectivity index (χ2n) is 5.36. The molecule has 2 rings (SSSR count). The van der Waals surface area contributed by atoms with E-state index in [0.717, 1.165) is 12.1 Å². The first-order valence-electron chi connectivity index (χ1n) is 7.88. The molecule has 2 aromatic carbocycles. The van der Waals surface area contributed by atoms with Crippen LogP contribution < -0.4 is 10.1 Å². The van der Waals surface area contributed by atoms with Gasteiger partial charge in [0.15, 0.2) is 6.61 Å². The van der Waals surface area contributed by atoms with Crippen LogP contribution >= 0.6 is 11.6 Å². The van der Waals surface area contributed by atoms with Crippen LogP contribution in [0.5, 0.6) is 5.75 Å². The summed E-state index contributed by atoms with van der Waals surface area (Å²) in [5.41, 5.74) is 0.250. The Morgan fingerprint density at radius 1 is 1.21 bits per heavy atom. The summed E-state index contributed by atoms with van der Waals surface area (Å²) in [6.45, 7) is -3.56. The highest BCUT2D eigenvalue weighted by molar-refractivity contribution is 6.32. The van der Waals surface area contributed by atoms with Crippen molar-refractivity contribution in [3.05, 3.63) is 69.2 Å². The molecule has 0 aliphatic rings. The molecule has 0 radical (unpaired) electrons. The highest BCUT2D eigenvalue weighted by Crippen LogP contribution is 2.27. The lowest BCUT2D eigenvalue weighted by Crippen LogP contribution is -2.20. The summed E-state index contributed by atoms with van der Waals surface area (Å²) in [5.74, 6) is -1.56. The Bertz CT molecular complexity index is 934. The topological polar surface area (TPSA) is 108 Å². The number of carbonyl (C=O) groups is 2. The fraction of sp³-hybridized carbons (Fsp3) is 0.111. The standard InChI is InChI=1S/C18H13ClF2N2O6/c19-14-7-4-12(9-15(14)23(26)27)22-16(24)10-28-17(25)8-3-11-1-5-13(6-2-11)29-18(20)21/h1-9,18H,10H2,(H,22,24)/b8-3+. The number of anilines is 1. The fourth-order valence-electron chi connectivity index (χ4n) is 2.04. The summed E-state index contributed by atoms with van der Waals surface area (Å²) >= 11 is 5.67. The summed E-state index contributed by atoms with van der Waals surface area (Å²) in [6.07, 6.45) is 2.40. The second kappa shape index (κ2) is 10.1. The van der Waals surface area contributed by atoms with Gasteiger partial charge in [-0.05, 0) is 35.9 Å². The van der Waals surface area contributed by atoms with E-state index < -0.39 is 30.0 Å². The minimum Gasteiger partial charge on any atom is -0.452 e. The van der Waals surface area contributed by atoms with Crippen molar-refractivity contribution in [3.63, 3.8) is 0 Å². The number of carbonyl (C=O) groups excluding carboxylic acids is 2. The molecule has 0 spiro atoms. The molecule has 0 fully saturated rings. The number of nitrogens with one attached hydrogen (secondary N) is 1. The maximum Gasteiger partial charge on any atom is 0.387 e. The number of amides is 1. The maximum absolute atomic E-state index is 12.1. The predicted octanol–water partition coefficient (Wildman–Crippen LogP) is 4.04. The summed E-state index contributed by atoms with van der Waals surface area (Å²) in [5, 5.41) is 13.1. The monoisotopic (exact) mass is 426 g/mol. The zero-order chi connectivity index (χ0) is 21.4. The van der Waals surface area contributed by atoms with E-state index in [1.54, 1.807) is 0 Å². The molecule has 11 heteroatoms. The van der Waals surface area contributed by atoms with E-state index in [0.29, 0.717) is 5.56 Å². The predicted molar refractivity (Wildman–Crippen MR) is 99.8 cm³/mol. The van der Waals surface area contributed by atoms with Crippen molar-refractivity contribution in [2.75, 3.05) is 11.9 Å². The molecular formula is C18H13ClF2N2O6. The smallest absolute Gasteiger partial charge is 0.387 e. The molecule has 0 aromatic heterocycles. The van der Waals surface area contributed by atoms with Crippen LogP contribution in [0.4, 0.5) is 20.2 Å². The number of ether oxygens (including phenoxy) is 2. The molecule has 0 saturated carbocycles. The van der Waals surface area contributed by atoms with Gasteiger partial charge in [0.05, 0.1) is 4.92 Å². The van der Waals surface area contributed by atoms with Gasteiger partial charge in [0.2, 0.25) is 0 Å². The average Bonchev–Trinajstić information content (AvgIpc) is 2.66. The van der Waals surface area contributed by atoms with Gasteiger partial charge in [-0.15, -0.1) is 0 Å². The highest BCUT2D eigenvalue weighted by atomic mass is 35.5. The maximum atomic E-state index is 12.1. The van der Waals surface area contributed by atoms with Crippen molar-refractivity contribution < 1.29 is 32.8 Å². The van der Waals surface area contributed by atoms with Gasteiger partial charge in [0, 0.05) is 17.8 Å². The molecule has 0 aliphatic carbocycles. The van der Waals surface area contributed by atoms with Crippen molar-refractivity contribution in [2.45, 2.75) is 6.61 Å². The van der Waals surface area contributed by atoms with Crippen molar-refractivity contribution in [1.29, 1.82) is 0 Å². The number of nitrogens with zero attached hydrogens (tertiary/aromatic N) is 1. The number of hydrogen-bond acceptors (Lipinski definition) is 6. The molecule has 0 heterocycles. The molecule has 1 N–H and O–H groups in total. The van der Waals surface area contributed by atoms with E-state index in [1.165, 1.54) is 42.5 Å². The van der Waals surface area contributed by atoms with Gasteiger partial charge in [-0.3, -0.25) is 14.9 Å². The molecule has 1 amide bonds. The lowest BCUT2D eigenvalue weighted by atomic mass is 10.2. The minimum absolute atomic E-state index is 0.0289. The quantitative estimate of drug-likeness (QED) is 0.295. The summed E-state index contributed by atoms with van der Waals surface area (Å²) < 4.78 is 33.1. The van der Waals surface area contributed by atoms with Gasteiger partial charge in [0.1, 0.15) is 10.8 Å².